The maximum Gasteiger partial charge on any atom is 0.244 e. The Bertz CT molecular complexity index is 828. The molecule has 25 heavy (non-hydrogen) atoms. The summed E-state index contributed by atoms with van der Waals surface area (Å²) in [6.07, 6.45) is 4.49. The Balaban J connectivity index is 1.91. The second-order valence-electron chi connectivity index (χ2n) is 6.19. The number of methoxy groups -OCH3 is 1. The summed E-state index contributed by atoms with van der Waals surface area (Å²) in [6.45, 7) is 2.98. The highest BCUT2D eigenvalue weighted by Crippen LogP contribution is 2.30. The van der Waals surface area contributed by atoms with Crippen LogP contribution >= 0.6 is 0 Å². The second-order valence-corrected chi connectivity index (χ2v) is 7.92. The highest BCUT2D eigenvalue weighted by Gasteiger charge is 2.24. The average molecular weight is 365 g/mol. The van der Waals surface area contributed by atoms with Crippen LogP contribution < -0.4 is 9.46 Å². The first-order chi connectivity index (χ1) is 12.0. The van der Waals surface area contributed by atoms with E-state index >= 15 is 0 Å². The first-order valence-electron chi connectivity index (χ1n) is 8.49. The Morgan fingerprint density at radius 3 is 2.76 bits per heavy atom. The van der Waals surface area contributed by atoms with Gasteiger partial charge in [-0.1, -0.05) is 12.8 Å². The van der Waals surface area contributed by atoms with Gasteiger partial charge in [0.2, 0.25) is 10.0 Å². The third-order valence-electron chi connectivity index (χ3n) is 4.58. The van der Waals surface area contributed by atoms with Crippen LogP contribution in [0.15, 0.2) is 23.1 Å². The van der Waals surface area contributed by atoms with E-state index in [4.69, 9.17) is 4.74 Å². The Kier molecular flexibility index (Phi) is 5.33. The molecule has 9 heteroatoms. The van der Waals surface area contributed by atoms with E-state index in [2.05, 4.69) is 20.2 Å². The first kappa shape index (κ1) is 17.8. The Labute approximate surface area is 147 Å². The topological polar surface area (TPSA) is 99.0 Å². The number of aromatic nitrogens is 4. The Morgan fingerprint density at radius 2 is 2.08 bits per heavy atom. The number of sulfonamides is 1. The summed E-state index contributed by atoms with van der Waals surface area (Å²) in [5, 5.41) is 11.5. The molecule has 1 aromatic heterocycles. The van der Waals surface area contributed by atoms with Crippen LogP contribution in [0.5, 0.6) is 5.75 Å². The fraction of sp³-hybridized carbons (Fsp3) is 0.562. The lowest BCUT2D eigenvalue weighted by Gasteiger charge is -2.14. The van der Waals surface area contributed by atoms with E-state index in [1.807, 2.05) is 6.92 Å². The van der Waals surface area contributed by atoms with Crippen LogP contribution in [0.3, 0.4) is 0 Å². The van der Waals surface area contributed by atoms with Gasteiger partial charge in [0.1, 0.15) is 10.6 Å². The molecular weight excluding hydrogens is 342 g/mol. The van der Waals surface area contributed by atoms with Crippen molar-refractivity contribution in [1.29, 1.82) is 0 Å². The molecule has 2 aromatic rings. The van der Waals surface area contributed by atoms with Gasteiger partial charge in [-0.25, -0.2) is 17.8 Å². The van der Waals surface area contributed by atoms with Crippen molar-refractivity contribution in [2.24, 2.45) is 5.92 Å². The number of benzene rings is 1. The Hall–Kier alpha value is -2.00. The predicted molar refractivity (Wildman–Crippen MR) is 92.6 cm³/mol. The van der Waals surface area contributed by atoms with Crippen LogP contribution in [0.25, 0.3) is 11.4 Å². The minimum atomic E-state index is -3.68. The number of tetrazole rings is 1. The van der Waals surface area contributed by atoms with Crippen molar-refractivity contribution in [3.8, 4) is 17.1 Å². The zero-order chi connectivity index (χ0) is 17.9. The van der Waals surface area contributed by atoms with Crippen LogP contribution in [0, 0.1) is 5.92 Å². The van der Waals surface area contributed by atoms with Gasteiger partial charge in [-0.3, -0.25) is 0 Å². The van der Waals surface area contributed by atoms with E-state index in [0.29, 0.717) is 36.1 Å². The molecule has 0 amide bonds. The van der Waals surface area contributed by atoms with Crippen LogP contribution in [0.1, 0.15) is 32.6 Å². The maximum absolute atomic E-state index is 12.8. The van der Waals surface area contributed by atoms with Gasteiger partial charge in [0, 0.05) is 18.7 Å². The van der Waals surface area contributed by atoms with Gasteiger partial charge >= 0.3 is 0 Å². The van der Waals surface area contributed by atoms with E-state index in [0.717, 1.165) is 12.8 Å². The van der Waals surface area contributed by atoms with Gasteiger partial charge in [-0.05, 0) is 54.3 Å². The standard InChI is InChI=1S/C16H23N5O3S/c1-3-21-16(18-19-20-21)13-8-9-14(24-2)15(10-13)25(22,23)17-11-12-6-4-5-7-12/h8-10,12,17H,3-7,11H2,1-2H3. The molecule has 1 heterocycles. The molecule has 1 fully saturated rings. The molecule has 1 aliphatic rings. The van der Waals surface area contributed by atoms with Crippen LogP contribution in [0.2, 0.25) is 0 Å². The molecular formula is C16H23N5O3S. The number of nitrogens with zero attached hydrogens (tertiary/aromatic N) is 4. The highest BCUT2D eigenvalue weighted by atomic mass is 32.2. The molecule has 1 aliphatic carbocycles. The summed E-state index contributed by atoms with van der Waals surface area (Å²) in [5.74, 6) is 1.24. The van der Waals surface area contributed by atoms with Crippen LogP contribution in [-0.4, -0.2) is 42.3 Å². The maximum atomic E-state index is 12.8. The molecule has 0 spiro atoms. The van der Waals surface area contributed by atoms with E-state index in [1.54, 1.807) is 22.9 Å². The fourth-order valence-electron chi connectivity index (χ4n) is 3.17. The van der Waals surface area contributed by atoms with Crippen molar-refractivity contribution in [2.75, 3.05) is 13.7 Å². The number of ether oxygens (including phenoxy) is 1. The van der Waals surface area contributed by atoms with Crippen molar-refractivity contribution in [1.82, 2.24) is 24.9 Å². The smallest absolute Gasteiger partial charge is 0.244 e. The summed E-state index contributed by atoms with van der Waals surface area (Å²) in [6, 6.07) is 4.95. The molecule has 0 unspecified atom stereocenters. The summed E-state index contributed by atoms with van der Waals surface area (Å²) in [5.41, 5.74) is 0.633. The normalized spacial score (nSPS) is 15.6. The molecule has 136 valence electrons. The van der Waals surface area contributed by atoms with Gasteiger partial charge in [0.25, 0.3) is 0 Å². The average Bonchev–Trinajstić information content (AvgIpc) is 3.30. The Morgan fingerprint density at radius 1 is 1.32 bits per heavy atom. The summed E-state index contributed by atoms with van der Waals surface area (Å²) in [4.78, 5) is 0.108. The molecule has 0 atom stereocenters. The van der Waals surface area contributed by atoms with Crippen LogP contribution in [0.4, 0.5) is 0 Å². The van der Waals surface area contributed by atoms with Gasteiger partial charge in [-0.2, -0.15) is 0 Å². The number of hydrogen-bond donors (Lipinski definition) is 1. The van der Waals surface area contributed by atoms with Gasteiger partial charge in [-0.15, -0.1) is 5.10 Å². The number of hydrogen-bond acceptors (Lipinski definition) is 6. The summed E-state index contributed by atoms with van der Waals surface area (Å²) >= 11 is 0. The van der Waals surface area contributed by atoms with Crippen molar-refractivity contribution >= 4 is 10.0 Å². The van der Waals surface area contributed by atoms with E-state index in [1.165, 1.54) is 20.0 Å². The summed E-state index contributed by atoms with van der Waals surface area (Å²) in [7, 11) is -2.22. The minimum Gasteiger partial charge on any atom is -0.495 e. The molecule has 0 radical (unpaired) electrons. The minimum absolute atomic E-state index is 0.108. The van der Waals surface area contributed by atoms with E-state index in [9.17, 15) is 8.42 Å². The lowest BCUT2D eigenvalue weighted by atomic mass is 10.1. The number of nitrogens with one attached hydrogen (secondary N) is 1. The molecule has 1 aromatic carbocycles. The molecule has 0 saturated heterocycles. The third kappa shape index (κ3) is 3.82. The molecule has 1 saturated carbocycles. The lowest BCUT2D eigenvalue weighted by Crippen LogP contribution is -2.28. The molecule has 3 rings (SSSR count). The van der Waals surface area contributed by atoms with E-state index in [-0.39, 0.29) is 4.90 Å². The lowest BCUT2D eigenvalue weighted by molar-refractivity contribution is 0.402. The highest BCUT2D eigenvalue weighted by molar-refractivity contribution is 7.89. The van der Waals surface area contributed by atoms with Gasteiger partial charge < -0.3 is 4.74 Å². The SMILES string of the molecule is CCn1nnnc1-c1ccc(OC)c(S(=O)(=O)NCC2CCCC2)c1. The van der Waals surface area contributed by atoms with Crippen molar-refractivity contribution in [2.45, 2.75) is 44.0 Å². The van der Waals surface area contributed by atoms with E-state index < -0.39 is 10.0 Å². The third-order valence-corrected chi connectivity index (χ3v) is 6.02. The van der Waals surface area contributed by atoms with Crippen molar-refractivity contribution in [3.63, 3.8) is 0 Å². The summed E-state index contributed by atoms with van der Waals surface area (Å²) < 4.78 is 35.2. The van der Waals surface area contributed by atoms with Crippen LogP contribution in [-0.2, 0) is 16.6 Å². The molecule has 1 N–H and O–H groups in total. The molecule has 8 nitrogen and oxygen atoms in total. The quantitative estimate of drug-likeness (QED) is 0.804. The largest absolute Gasteiger partial charge is 0.495 e. The van der Waals surface area contributed by atoms with Crippen molar-refractivity contribution < 1.29 is 13.2 Å². The second kappa shape index (κ2) is 7.49. The number of aryl methyl sites for hydroxylation is 1. The monoisotopic (exact) mass is 365 g/mol. The fourth-order valence-corrected chi connectivity index (χ4v) is 4.48. The molecule has 0 aliphatic heterocycles. The molecule has 0 bridgehead atoms. The first-order valence-corrected chi connectivity index (χ1v) is 9.97. The van der Waals surface area contributed by atoms with Gasteiger partial charge in [0.05, 0.1) is 7.11 Å². The van der Waals surface area contributed by atoms with Gasteiger partial charge in [0.15, 0.2) is 5.82 Å². The number of rotatable bonds is 7. The van der Waals surface area contributed by atoms with Crippen molar-refractivity contribution in [3.05, 3.63) is 18.2 Å². The zero-order valence-electron chi connectivity index (χ0n) is 14.5. The predicted octanol–water partition coefficient (Wildman–Crippen LogP) is 1.84. The zero-order valence-corrected chi connectivity index (χ0v) is 15.3.